The van der Waals surface area contributed by atoms with Gasteiger partial charge in [-0.15, -0.1) is 0 Å². The number of carbonyl (C=O) groups is 3. The molecule has 3 aliphatic rings. The largest absolute Gasteiger partial charge is 0.496 e. The lowest BCUT2D eigenvalue weighted by molar-refractivity contribution is -0.125. The number of rotatable bonds is 5. The molecule has 0 radical (unpaired) electrons. The molecule has 3 aromatic rings. The number of aryl methyl sites for hydroxylation is 1. The summed E-state index contributed by atoms with van der Waals surface area (Å²) in [5, 5.41) is 5.88. The molecule has 0 aromatic heterocycles. The summed E-state index contributed by atoms with van der Waals surface area (Å²) < 4.78 is 52.7. The van der Waals surface area contributed by atoms with E-state index in [1.807, 2.05) is 6.07 Å². The number of hydrogen-bond donors (Lipinski definition) is 2. The van der Waals surface area contributed by atoms with Crippen LogP contribution in [0.1, 0.15) is 34.3 Å². The van der Waals surface area contributed by atoms with Gasteiger partial charge in [0.2, 0.25) is 5.91 Å². The van der Waals surface area contributed by atoms with Gasteiger partial charge >= 0.3 is 6.61 Å². The SMILES string of the molecule is COc1cc2ccc1CNC(=O)CCc1ccc(OC)c(c1)OCC(=O)N[C@@H]1CN(C(=O)c3ccc(OC(F)F)cc3)CC[C@@H]1O2. The number of hydrogen-bond acceptors (Lipinski definition) is 8. The topological polar surface area (TPSA) is 125 Å². The molecule has 13 heteroatoms. The first kappa shape index (κ1) is 32.3. The van der Waals surface area contributed by atoms with E-state index in [1.54, 1.807) is 35.2 Å². The van der Waals surface area contributed by atoms with Gasteiger partial charge < -0.3 is 39.2 Å². The Morgan fingerprint density at radius 2 is 1.74 bits per heavy atom. The predicted octanol–water partition coefficient (Wildman–Crippen LogP) is 3.72. The van der Waals surface area contributed by atoms with Gasteiger partial charge in [0.1, 0.15) is 23.4 Å². The van der Waals surface area contributed by atoms with Crippen LogP contribution in [0.25, 0.3) is 0 Å². The van der Waals surface area contributed by atoms with Gasteiger partial charge in [0, 0.05) is 49.7 Å². The lowest BCUT2D eigenvalue weighted by Gasteiger charge is -2.39. The lowest BCUT2D eigenvalue weighted by atomic mass is 10.0. The highest BCUT2D eigenvalue weighted by Gasteiger charge is 2.35. The molecule has 4 bridgehead atoms. The minimum Gasteiger partial charge on any atom is -0.496 e. The zero-order valence-corrected chi connectivity index (χ0v) is 25.4. The smallest absolute Gasteiger partial charge is 0.387 e. The number of amides is 3. The average molecular weight is 640 g/mol. The van der Waals surface area contributed by atoms with E-state index in [0.717, 1.165) is 11.1 Å². The van der Waals surface area contributed by atoms with Crippen molar-refractivity contribution < 1.29 is 46.8 Å². The van der Waals surface area contributed by atoms with Crippen molar-refractivity contribution in [1.82, 2.24) is 15.5 Å². The van der Waals surface area contributed by atoms with E-state index in [0.29, 0.717) is 42.4 Å². The molecular weight excluding hydrogens is 604 g/mol. The summed E-state index contributed by atoms with van der Waals surface area (Å²) in [6, 6.07) is 15.4. The summed E-state index contributed by atoms with van der Waals surface area (Å²) in [7, 11) is 3.02. The molecule has 1 fully saturated rings. The van der Waals surface area contributed by atoms with Crippen LogP contribution < -0.4 is 34.3 Å². The number of likely N-dealkylation sites (tertiary alicyclic amines) is 1. The number of benzene rings is 3. The number of alkyl halides is 2. The summed E-state index contributed by atoms with van der Waals surface area (Å²) in [6.45, 7) is -2.63. The molecule has 244 valence electrons. The minimum atomic E-state index is -2.97. The third kappa shape index (κ3) is 8.14. The second-order valence-electron chi connectivity index (χ2n) is 10.8. The fourth-order valence-electron chi connectivity index (χ4n) is 5.40. The van der Waals surface area contributed by atoms with Crippen LogP contribution in [0, 0.1) is 0 Å². The average Bonchev–Trinajstić information content (AvgIpc) is 3.06. The Morgan fingerprint density at radius 1 is 0.957 bits per heavy atom. The molecule has 3 aromatic carbocycles. The molecule has 3 aliphatic heterocycles. The van der Waals surface area contributed by atoms with Crippen LogP contribution in [0.3, 0.4) is 0 Å². The quantitative estimate of drug-likeness (QED) is 0.433. The monoisotopic (exact) mass is 639 g/mol. The van der Waals surface area contributed by atoms with Crippen molar-refractivity contribution >= 4 is 17.7 Å². The summed E-state index contributed by atoms with van der Waals surface area (Å²) in [6.07, 6.45) is 0.532. The Morgan fingerprint density at radius 3 is 2.48 bits per heavy atom. The number of fused-ring (bicyclic) bond motifs is 9. The Hall–Kier alpha value is -5.07. The predicted molar refractivity (Wildman–Crippen MR) is 162 cm³/mol. The van der Waals surface area contributed by atoms with Crippen molar-refractivity contribution in [2.75, 3.05) is 33.9 Å². The van der Waals surface area contributed by atoms with Crippen molar-refractivity contribution in [1.29, 1.82) is 0 Å². The van der Waals surface area contributed by atoms with Crippen LogP contribution in [-0.2, 0) is 22.6 Å². The molecule has 0 unspecified atom stereocenters. The first-order valence-electron chi connectivity index (χ1n) is 14.8. The number of halogens is 2. The van der Waals surface area contributed by atoms with Gasteiger partial charge in [-0.1, -0.05) is 6.07 Å². The van der Waals surface area contributed by atoms with Crippen LogP contribution in [0.15, 0.2) is 60.7 Å². The Labute approximate surface area is 264 Å². The lowest BCUT2D eigenvalue weighted by Crippen LogP contribution is -2.58. The van der Waals surface area contributed by atoms with Crippen LogP contribution in [0.2, 0.25) is 0 Å². The molecule has 3 heterocycles. The van der Waals surface area contributed by atoms with E-state index in [9.17, 15) is 23.2 Å². The van der Waals surface area contributed by atoms with E-state index < -0.39 is 24.7 Å². The normalized spacial score (nSPS) is 18.8. The van der Waals surface area contributed by atoms with Crippen molar-refractivity contribution in [2.45, 2.75) is 44.6 Å². The van der Waals surface area contributed by atoms with E-state index in [-0.39, 0.29) is 49.2 Å². The van der Waals surface area contributed by atoms with Gasteiger partial charge in [-0.25, -0.2) is 0 Å². The summed E-state index contributed by atoms with van der Waals surface area (Å²) in [5.74, 6) is 0.814. The molecular formula is C33H35F2N3O8. The third-order valence-electron chi connectivity index (χ3n) is 7.76. The fourth-order valence-corrected chi connectivity index (χ4v) is 5.40. The van der Waals surface area contributed by atoms with Gasteiger partial charge in [0.05, 0.1) is 20.3 Å². The Balaban J connectivity index is 1.39. The summed E-state index contributed by atoms with van der Waals surface area (Å²) in [5.41, 5.74) is 1.87. The number of carbonyl (C=O) groups excluding carboxylic acids is 3. The maximum atomic E-state index is 13.4. The molecule has 3 amide bonds. The van der Waals surface area contributed by atoms with Crippen molar-refractivity contribution in [3.05, 3.63) is 77.4 Å². The van der Waals surface area contributed by atoms with Crippen LogP contribution >= 0.6 is 0 Å². The van der Waals surface area contributed by atoms with Crippen molar-refractivity contribution in [3.8, 4) is 28.7 Å². The summed E-state index contributed by atoms with van der Waals surface area (Å²) in [4.78, 5) is 40.8. The zero-order chi connectivity index (χ0) is 32.6. The van der Waals surface area contributed by atoms with Crippen LogP contribution in [-0.4, -0.2) is 75.3 Å². The molecule has 0 spiro atoms. The van der Waals surface area contributed by atoms with E-state index >= 15 is 0 Å². The van der Waals surface area contributed by atoms with Crippen LogP contribution in [0.5, 0.6) is 28.7 Å². The number of methoxy groups -OCH3 is 2. The standard InChI is InChI=1S/C33H35F2N3O8/c1-42-27-11-3-20-4-12-30(39)36-17-22-7-10-24(16-28(22)43-2)45-26-13-14-38(18-25(26)37-31(40)19-44-29(27)15-20)32(41)21-5-8-23(9-6-21)46-33(34)35/h3,5-11,15-16,25-26,33H,4,12-14,17-19H2,1-2H3,(H,36,39)(H,37,40)/t25-,26+/m1/s1. The van der Waals surface area contributed by atoms with E-state index in [4.69, 9.17) is 18.9 Å². The summed E-state index contributed by atoms with van der Waals surface area (Å²) >= 11 is 0. The number of nitrogens with zero attached hydrogens (tertiary/aromatic N) is 1. The Bertz CT molecular complexity index is 1550. The molecule has 46 heavy (non-hydrogen) atoms. The fraction of sp³-hybridized carbons (Fsp3) is 0.364. The van der Waals surface area contributed by atoms with Gasteiger partial charge in [-0.05, 0) is 60.5 Å². The molecule has 2 N–H and O–H groups in total. The first-order chi connectivity index (χ1) is 22.2. The first-order valence-corrected chi connectivity index (χ1v) is 14.8. The van der Waals surface area contributed by atoms with E-state index in [2.05, 4.69) is 15.4 Å². The van der Waals surface area contributed by atoms with Gasteiger partial charge in [-0.3, -0.25) is 14.4 Å². The molecule has 0 aliphatic carbocycles. The molecule has 6 rings (SSSR count). The highest BCUT2D eigenvalue weighted by Crippen LogP contribution is 2.30. The number of nitrogens with one attached hydrogen (secondary N) is 2. The molecule has 0 saturated carbocycles. The van der Waals surface area contributed by atoms with Gasteiger partial charge in [-0.2, -0.15) is 8.78 Å². The minimum absolute atomic E-state index is 0.0589. The highest BCUT2D eigenvalue weighted by atomic mass is 19.3. The highest BCUT2D eigenvalue weighted by molar-refractivity contribution is 5.94. The maximum Gasteiger partial charge on any atom is 0.387 e. The Kier molecular flexibility index (Phi) is 10.4. The molecule has 11 nitrogen and oxygen atoms in total. The molecule has 1 saturated heterocycles. The van der Waals surface area contributed by atoms with Gasteiger partial charge in [0.25, 0.3) is 11.8 Å². The van der Waals surface area contributed by atoms with Crippen molar-refractivity contribution in [2.24, 2.45) is 0 Å². The second-order valence-corrected chi connectivity index (χ2v) is 10.8. The number of piperidine rings is 1. The molecule has 2 atom stereocenters. The maximum absolute atomic E-state index is 13.4. The zero-order valence-electron chi connectivity index (χ0n) is 25.4. The van der Waals surface area contributed by atoms with Gasteiger partial charge in [0.15, 0.2) is 18.1 Å². The van der Waals surface area contributed by atoms with Crippen LogP contribution in [0.4, 0.5) is 8.78 Å². The second kappa shape index (κ2) is 14.8. The third-order valence-corrected chi connectivity index (χ3v) is 7.76. The van der Waals surface area contributed by atoms with E-state index in [1.165, 1.54) is 38.5 Å². The number of ether oxygens (including phenoxy) is 5. The van der Waals surface area contributed by atoms with Crippen molar-refractivity contribution in [3.63, 3.8) is 0 Å².